The van der Waals surface area contributed by atoms with Crippen LogP contribution in [-0.2, 0) is 6.42 Å². The first-order valence-electron chi connectivity index (χ1n) is 5.49. The predicted octanol–water partition coefficient (Wildman–Crippen LogP) is 3.90. The molecular formula is C15H14. The second-order valence-corrected chi connectivity index (χ2v) is 4.37. The molecule has 1 aromatic carbocycles. The van der Waals surface area contributed by atoms with Crippen molar-refractivity contribution in [3.8, 4) is 0 Å². The first kappa shape index (κ1) is 8.72. The van der Waals surface area contributed by atoms with Crippen molar-refractivity contribution >= 4 is 6.08 Å². The fraction of sp³-hybridized carbons (Fsp3) is 0.200. The molecule has 15 heavy (non-hydrogen) atoms. The summed E-state index contributed by atoms with van der Waals surface area (Å²) < 4.78 is 0. The van der Waals surface area contributed by atoms with Crippen molar-refractivity contribution in [2.75, 3.05) is 0 Å². The fourth-order valence-corrected chi connectivity index (χ4v) is 2.37. The maximum absolute atomic E-state index is 2.34. The van der Waals surface area contributed by atoms with E-state index in [1.54, 1.807) is 0 Å². The zero-order chi connectivity index (χ0) is 10.3. The van der Waals surface area contributed by atoms with E-state index < -0.39 is 0 Å². The highest BCUT2D eigenvalue weighted by atomic mass is 14.2. The highest BCUT2D eigenvalue weighted by Crippen LogP contribution is 2.33. The molecule has 0 aromatic heterocycles. The van der Waals surface area contributed by atoms with Crippen molar-refractivity contribution in [2.24, 2.45) is 0 Å². The van der Waals surface area contributed by atoms with Crippen molar-refractivity contribution in [1.82, 2.24) is 0 Å². The standard InChI is InChI=1S/C15H14/c1-11-6-7-14(8-11)15-9-12-4-2-3-5-13(12)10-15/h2-6,8-9H,7,10H2,1H3. The van der Waals surface area contributed by atoms with Crippen LogP contribution in [0, 0.1) is 0 Å². The minimum absolute atomic E-state index is 1.11. The first-order chi connectivity index (χ1) is 7.33. The van der Waals surface area contributed by atoms with Crippen molar-refractivity contribution in [3.05, 3.63) is 64.3 Å². The molecular weight excluding hydrogens is 180 g/mol. The van der Waals surface area contributed by atoms with E-state index in [-0.39, 0.29) is 0 Å². The number of rotatable bonds is 1. The number of allylic oxidation sites excluding steroid dienone is 5. The van der Waals surface area contributed by atoms with Crippen molar-refractivity contribution in [2.45, 2.75) is 19.8 Å². The van der Waals surface area contributed by atoms with Crippen LogP contribution in [0.4, 0.5) is 0 Å². The molecule has 0 heteroatoms. The van der Waals surface area contributed by atoms with Gasteiger partial charge in [-0.25, -0.2) is 0 Å². The Morgan fingerprint density at radius 1 is 1.00 bits per heavy atom. The van der Waals surface area contributed by atoms with Crippen LogP contribution in [0.15, 0.2) is 53.1 Å². The monoisotopic (exact) mass is 194 g/mol. The Labute approximate surface area is 90.6 Å². The van der Waals surface area contributed by atoms with Gasteiger partial charge in [0.2, 0.25) is 0 Å². The second-order valence-electron chi connectivity index (χ2n) is 4.37. The van der Waals surface area contributed by atoms with Crippen LogP contribution in [0.25, 0.3) is 6.08 Å². The molecule has 2 aliphatic carbocycles. The van der Waals surface area contributed by atoms with Gasteiger partial charge in [0.15, 0.2) is 0 Å². The van der Waals surface area contributed by atoms with E-state index in [1.165, 1.54) is 27.8 Å². The molecule has 0 fully saturated rings. The van der Waals surface area contributed by atoms with Crippen LogP contribution >= 0.6 is 0 Å². The average Bonchev–Trinajstić information content (AvgIpc) is 2.82. The lowest BCUT2D eigenvalue weighted by molar-refractivity contribution is 1.15. The molecule has 0 spiro atoms. The van der Waals surface area contributed by atoms with Gasteiger partial charge in [0.05, 0.1) is 0 Å². The second kappa shape index (κ2) is 3.23. The normalized spacial score (nSPS) is 18.3. The van der Waals surface area contributed by atoms with Crippen LogP contribution in [-0.4, -0.2) is 0 Å². The van der Waals surface area contributed by atoms with E-state index in [0.29, 0.717) is 0 Å². The summed E-state index contributed by atoms with van der Waals surface area (Å²) in [6, 6.07) is 8.68. The maximum atomic E-state index is 2.34. The van der Waals surface area contributed by atoms with Gasteiger partial charge in [0.1, 0.15) is 0 Å². The lowest BCUT2D eigenvalue weighted by atomic mass is 10.0. The molecule has 0 atom stereocenters. The Kier molecular flexibility index (Phi) is 1.88. The molecule has 0 unspecified atom stereocenters. The van der Waals surface area contributed by atoms with Gasteiger partial charge < -0.3 is 0 Å². The van der Waals surface area contributed by atoms with Crippen LogP contribution in [0.1, 0.15) is 24.5 Å². The molecule has 0 heterocycles. The average molecular weight is 194 g/mol. The Bertz CT molecular complexity index is 499. The summed E-state index contributed by atoms with van der Waals surface area (Å²) >= 11 is 0. The van der Waals surface area contributed by atoms with E-state index in [9.17, 15) is 0 Å². The van der Waals surface area contributed by atoms with Gasteiger partial charge in [-0.15, -0.1) is 0 Å². The summed E-state index contributed by atoms with van der Waals surface area (Å²) in [7, 11) is 0. The Morgan fingerprint density at radius 3 is 2.60 bits per heavy atom. The molecule has 0 radical (unpaired) electrons. The topological polar surface area (TPSA) is 0 Å². The van der Waals surface area contributed by atoms with Crippen LogP contribution in [0.3, 0.4) is 0 Å². The third-order valence-corrected chi connectivity index (χ3v) is 3.22. The Hall–Kier alpha value is -1.56. The quantitative estimate of drug-likeness (QED) is 0.636. The Morgan fingerprint density at radius 2 is 1.87 bits per heavy atom. The molecule has 0 nitrogen and oxygen atoms in total. The zero-order valence-corrected chi connectivity index (χ0v) is 8.96. The molecule has 0 bridgehead atoms. The third-order valence-electron chi connectivity index (χ3n) is 3.22. The van der Waals surface area contributed by atoms with E-state index in [1.807, 2.05) is 0 Å². The maximum Gasteiger partial charge on any atom is -0.00168 e. The van der Waals surface area contributed by atoms with Gasteiger partial charge in [0.25, 0.3) is 0 Å². The molecule has 0 amide bonds. The van der Waals surface area contributed by atoms with E-state index in [0.717, 1.165) is 12.8 Å². The fourth-order valence-electron chi connectivity index (χ4n) is 2.37. The highest BCUT2D eigenvalue weighted by Gasteiger charge is 2.16. The lowest BCUT2D eigenvalue weighted by Crippen LogP contribution is -1.87. The molecule has 3 rings (SSSR count). The first-order valence-corrected chi connectivity index (χ1v) is 5.49. The minimum Gasteiger partial charge on any atom is -0.0772 e. The van der Waals surface area contributed by atoms with Gasteiger partial charge in [-0.2, -0.15) is 0 Å². The zero-order valence-electron chi connectivity index (χ0n) is 8.96. The van der Waals surface area contributed by atoms with Crippen LogP contribution in [0.5, 0.6) is 0 Å². The van der Waals surface area contributed by atoms with Crippen LogP contribution < -0.4 is 0 Å². The number of hydrogen-bond donors (Lipinski definition) is 0. The molecule has 0 aliphatic heterocycles. The van der Waals surface area contributed by atoms with Gasteiger partial charge in [-0.3, -0.25) is 0 Å². The third kappa shape index (κ3) is 1.46. The van der Waals surface area contributed by atoms with E-state index in [4.69, 9.17) is 0 Å². The van der Waals surface area contributed by atoms with Gasteiger partial charge in [0, 0.05) is 0 Å². The summed E-state index contributed by atoms with van der Waals surface area (Å²) in [4.78, 5) is 0. The number of benzene rings is 1. The SMILES string of the molecule is CC1=CCC(C2=Cc3ccccc3C2)=C1. The summed E-state index contributed by atoms with van der Waals surface area (Å²) in [6.07, 6.45) is 9.19. The predicted molar refractivity (Wildman–Crippen MR) is 64.6 cm³/mol. The highest BCUT2D eigenvalue weighted by molar-refractivity contribution is 5.69. The largest absolute Gasteiger partial charge is 0.0772 e. The molecule has 0 saturated heterocycles. The van der Waals surface area contributed by atoms with E-state index in [2.05, 4.69) is 49.4 Å². The molecule has 74 valence electrons. The van der Waals surface area contributed by atoms with Crippen LogP contribution in [0.2, 0.25) is 0 Å². The summed E-state index contributed by atoms with van der Waals surface area (Å²) in [5, 5.41) is 0. The minimum atomic E-state index is 1.11. The molecule has 0 saturated carbocycles. The number of fused-ring (bicyclic) bond motifs is 1. The molecule has 2 aliphatic rings. The van der Waals surface area contributed by atoms with Crippen molar-refractivity contribution in [3.63, 3.8) is 0 Å². The van der Waals surface area contributed by atoms with Gasteiger partial charge in [-0.1, -0.05) is 48.1 Å². The summed E-state index contributed by atoms with van der Waals surface area (Å²) in [6.45, 7) is 2.18. The molecule has 1 aromatic rings. The van der Waals surface area contributed by atoms with Gasteiger partial charge >= 0.3 is 0 Å². The molecule has 0 N–H and O–H groups in total. The van der Waals surface area contributed by atoms with Crippen molar-refractivity contribution in [1.29, 1.82) is 0 Å². The Balaban J connectivity index is 1.93. The smallest absolute Gasteiger partial charge is 0.00168 e. The summed E-state index contributed by atoms with van der Waals surface area (Å²) in [5.41, 5.74) is 7.28. The number of hydrogen-bond acceptors (Lipinski definition) is 0. The lowest BCUT2D eigenvalue weighted by Gasteiger charge is -2.01. The van der Waals surface area contributed by atoms with Crippen molar-refractivity contribution < 1.29 is 0 Å². The summed E-state index contributed by atoms with van der Waals surface area (Å²) in [5.74, 6) is 0. The van der Waals surface area contributed by atoms with Gasteiger partial charge in [-0.05, 0) is 42.0 Å². The van der Waals surface area contributed by atoms with E-state index >= 15 is 0 Å².